The van der Waals surface area contributed by atoms with E-state index in [0.717, 1.165) is 0 Å². The topological polar surface area (TPSA) is 78.8 Å². The van der Waals surface area contributed by atoms with E-state index in [1.807, 2.05) is 18.2 Å². The average molecular weight is 265 g/mol. The fourth-order valence-electron chi connectivity index (χ4n) is 2.48. The number of hydrogen-bond acceptors (Lipinski definition) is 5. The summed E-state index contributed by atoms with van der Waals surface area (Å²) < 4.78 is 4.97. The summed E-state index contributed by atoms with van der Waals surface area (Å²) in [6, 6.07) is 8.35. The molecule has 1 aromatic rings. The van der Waals surface area contributed by atoms with Gasteiger partial charge in [0.05, 0.1) is 18.8 Å². The number of β-amino-alcohol motifs (C(OH)–C–C–N with tert-alkyl or cyclic N) is 1. The van der Waals surface area contributed by atoms with E-state index < -0.39 is 30.1 Å². The largest absolute Gasteiger partial charge is 0.465 e. The van der Waals surface area contributed by atoms with Gasteiger partial charge in [0, 0.05) is 12.5 Å². The van der Waals surface area contributed by atoms with Crippen LogP contribution in [0.4, 0.5) is 0 Å². The highest BCUT2D eigenvalue weighted by atomic mass is 16.5. The molecule has 0 radical (unpaired) electrons. The monoisotopic (exact) mass is 265 g/mol. The van der Waals surface area contributed by atoms with Crippen LogP contribution in [0.3, 0.4) is 0 Å². The van der Waals surface area contributed by atoms with Gasteiger partial charge in [0.25, 0.3) is 0 Å². The van der Waals surface area contributed by atoms with Crippen LogP contribution in [-0.4, -0.2) is 41.5 Å². The highest BCUT2D eigenvalue weighted by Gasteiger charge is 2.44. The molecule has 1 saturated heterocycles. The Morgan fingerprint density at radius 1 is 1.47 bits per heavy atom. The molecule has 1 aliphatic rings. The molecule has 1 aromatic carbocycles. The lowest BCUT2D eigenvalue weighted by molar-refractivity contribution is -0.148. The minimum Gasteiger partial charge on any atom is -0.465 e. The SMILES string of the molecule is CCOC(=O)C1NCC(O)C1C(O)c1ccccc1. The van der Waals surface area contributed by atoms with E-state index in [1.165, 1.54) is 0 Å². The van der Waals surface area contributed by atoms with Crippen LogP contribution in [0.25, 0.3) is 0 Å². The molecule has 3 N–H and O–H groups in total. The lowest BCUT2D eigenvalue weighted by Crippen LogP contribution is -2.40. The van der Waals surface area contributed by atoms with E-state index in [-0.39, 0.29) is 13.2 Å². The molecule has 0 aromatic heterocycles. The first-order valence-electron chi connectivity index (χ1n) is 6.46. The molecule has 1 aliphatic heterocycles. The van der Waals surface area contributed by atoms with Crippen LogP contribution in [0.2, 0.25) is 0 Å². The second-order valence-electron chi connectivity index (χ2n) is 4.64. The highest BCUT2D eigenvalue weighted by molar-refractivity contribution is 5.77. The number of rotatable bonds is 4. The molecule has 0 aliphatic carbocycles. The zero-order valence-corrected chi connectivity index (χ0v) is 10.8. The maximum absolute atomic E-state index is 11.8. The summed E-state index contributed by atoms with van der Waals surface area (Å²) in [5.41, 5.74) is 0.685. The standard InChI is InChI=1S/C14H19NO4/c1-2-19-14(18)12-11(10(16)8-15-12)13(17)9-6-4-3-5-7-9/h3-7,10-13,15-17H,2,8H2,1H3. The van der Waals surface area contributed by atoms with Crippen LogP contribution >= 0.6 is 0 Å². The van der Waals surface area contributed by atoms with Crippen molar-refractivity contribution in [3.05, 3.63) is 35.9 Å². The van der Waals surface area contributed by atoms with E-state index in [2.05, 4.69) is 5.32 Å². The molecule has 0 saturated carbocycles. The van der Waals surface area contributed by atoms with Gasteiger partial charge in [0.15, 0.2) is 0 Å². The number of esters is 1. The molecule has 5 nitrogen and oxygen atoms in total. The zero-order chi connectivity index (χ0) is 13.8. The fraction of sp³-hybridized carbons (Fsp3) is 0.500. The van der Waals surface area contributed by atoms with E-state index in [1.54, 1.807) is 19.1 Å². The number of ether oxygens (including phenoxy) is 1. The maximum Gasteiger partial charge on any atom is 0.323 e. The molecule has 4 atom stereocenters. The number of aliphatic hydroxyl groups excluding tert-OH is 2. The van der Waals surface area contributed by atoms with Crippen molar-refractivity contribution < 1.29 is 19.7 Å². The third-order valence-corrected chi connectivity index (χ3v) is 3.42. The Labute approximate surface area is 112 Å². The van der Waals surface area contributed by atoms with Crippen LogP contribution in [0, 0.1) is 5.92 Å². The Morgan fingerprint density at radius 3 is 2.79 bits per heavy atom. The van der Waals surface area contributed by atoms with Crippen molar-refractivity contribution in [3.63, 3.8) is 0 Å². The minimum atomic E-state index is -0.902. The van der Waals surface area contributed by atoms with Crippen LogP contribution in [-0.2, 0) is 9.53 Å². The number of aliphatic hydroxyl groups is 2. The lowest BCUT2D eigenvalue weighted by Gasteiger charge is -2.25. The van der Waals surface area contributed by atoms with Gasteiger partial charge in [-0.1, -0.05) is 30.3 Å². The molecule has 1 heterocycles. The quantitative estimate of drug-likeness (QED) is 0.679. The first-order chi connectivity index (χ1) is 9.15. The Morgan fingerprint density at radius 2 is 2.16 bits per heavy atom. The van der Waals surface area contributed by atoms with Crippen molar-refractivity contribution in [1.29, 1.82) is 0 Å². The van der Waals surface area contributed by atoms with Gasteiger partial charge in [-0.15, -0.1) is 0 Å². The van der Waals surface area contributed by atoms with Crippen LogP contribution < -0.4 is 5.32 Å². The van der Waals surface area contributed by atoms with Crippen molar-refractivity contribution in [2.75, 3.05) is 13.2 Å². The summed E-state index contributed by atoms with van der Waals surface area (Å²) in [4.78, 5) is 11.8. The molecule has 5 heteroatoms. The molecule has 19 heavy (non-hydrogen) atoms. The Bertz CT molecular complexity index is 423. The van der Waals surface area contributed by atoms with Crippen molar-refractivity contribution in [2.45, 2.75) is 25.2 Å². The predicted molar refractivity (Wildman–Crippen MR) is 69.3 cm³/mol. The molecule has 2 rings (SSSR count). The minimum absolute atomic E-state index is 0.276. The number of hydrogen-bond donors (Lipinski definition) is 3. The average Bonchev–Trinajstić information content (AvgIpc) is 2.81. The number of nitrogens with one attached hydrogen (secondary N) is 1. The van der Waals surface area contributed by atoms with Gasteiger partial charge in [-0.3, -0.25) is 4.79 Å². The van der Waals surface area contributed by atoms with Gasteiger partial charge in [-0.05, 0) is 12.5 Å². The van der Waals surface area contributed by atoms with Crippen molar-refractivity contribution in [1.82, 2.24) is 5.32 Å². The molecule has 0 spiro atoms. The second-order valence-corrected chi connectivity index (χ2v) is 4.64. The summed E-state index contributed by atoms with van der Waals surface area (Å²) >= 11 is 0. The normalized spacial score (nSPS) is 28.1. The van der Waals surface area contributed by atoms with E-state index in [4.69, 9.17) is 4.74 Å². The Balaban J connectivity index is 2.17. The van der Waals surface area contributed by atoms with Gasteiger partial charge < -0.3 is 20.3 Å². The molecule has 0 amide bonds. The Kier molecular flexibility index (Phi) is 4.52. The van der Waals surface area contributed by atoms with Gasteiger partial charge in [-0.2, -0.15) is 0 Å². The summed E-state index contributed by atoms with van der Waals surface area (Å²) in [5.74, 6) is -1.03. The first kappa shape index (κ1) is 14.0. The lowest BCUT2D eigenvalue weighted by atomic mass is 9.88. The van der Waals surface area contributed by atoms with Crippen LogP contribution in [0.1, 0.15) is 18.6 Å². The third-order valence-electron chi connectivity index (χ3n) is 3.42. The van der Waals surface area contributed by atoms with Gasteiger partial charge in [0.1, 0.15) is 6.04 Å². The number of benzene rings is 1. The number of carbonyl (C=O) groups is 1. The summed E-state index contributed by atoms with van der Waals surface area (Å²) in [7, 11) is 0. The van der Waals surface area contributed by atoms with Gasteiger partial charge >= 0.3 is 5.97 Å². The maximum atomic E-state index is 11.8. The van der Waals surface area contributed by atoms with Crippen LogP contribution in [0.15, 0.2) is 30.3 Å². The van der Waals surface area contributed by atoms with E-state index in [9.17, 15) is 15.0 Å². The highest BCUT2D eigenvalue weighted by Crippen LogP contribution is 2.31. The van der Waals surface area contributed by atoms with Crippen molar-refractivity contribution in [3.8, 4) is 0 Å². The third kappa shape index (κ3) is 2.94. The smallest absolute Gasteiger partial charge is 0.323 e. The Hall–Kier alpha value is -1.43. The second kappa shape index (κ2) is 6.14. The van der Waals surface area contributed by atoms with E-state index >= 15 is 0 Å². The van der Waals surface area contributed by atoms with Crippen LogP contribution in [0.5, 0.6) is 0 Å². The molecular formula is C14H19NO4. The summed E-state index contributed by atoms with van der Waals surface area (Å²) in [6.07, 6.45) is -1.68. The fourth-order valence-corrected chi connectivity index (χ4v) is 2.48. The molecule has 4 unspecified atom stereocenters. The summed E-state index contributed by atoms with van der Waals surface area (Å²) in [6.45, 7) is 2.28. The van der Waals surface area contributed by atoms with Gasteiger partial charge in [0.2, 0.25) is 0 Å². The molecular weight excluding hydrogens is 246 g/mol. The van der Waals surface area contributed by atoms with Crippen molar-refractivity contribution in [2.24, 2.45) is 5.92 Å². The first-order valence-corrected chi connectivity index (χ1v) is 6.46. The zero-order valence-electron chi connectivity index (χ0n) is 10.8. The summed E-state index contributed by atoms with van der Waals surface area (Å²) in [5, 5.41) is 23.3. The predicted octanol–water partition coefficient (Wildman–Crippen LogP) is 0.232. The number of carbonyl (C=O) groups excluding carboxylic acids is 1. The van der Waals surface area contributed by atoms with E-state index in [0.29, 0.717) is 5.56 Å². The molecule has 0 bridgehead atoms. The molecule has 1 fully saturated rings. The van der Waals surface area contributed by atoms with Crippen molar-refractivity contribution >= 4 is 5.97 Å². The van der Waals surface area contributed by atoms with Gasteiger partial charge in [-0.25, -0.2) is 0 Å². The molecule has 104 valence electrons.